The molecule has 2 N–H and O–H groups in total. The van der Waals surface area contributed by atoms with Gasteiger partial charge in [0.2, 0.25) is 0 Å². The number of halogens is 3. The van der Waals surface area contributed by atoms with Crippen molar-refractivity contribution in [2.24, 2.45) is 4.99 Å². The van der Waals surface area contributed by atoms with Crippen LogP contribution in [0, 0.1) is 0 Å². The molecule has 0 unspecified atom stereocenters. The van der Waals surface area contributed by atoms with Gasteiger partial charge in [0.15, 0.2) is 5.96 Å². The minimum atomic E-state index is -4.34. The van der Waals surface area contributed by atoms with Crippen molar-refractivity contribution < 1.29 is 17.9 Å². The molecule has 0 aromatic heterocycles. The predicted molar refractivity (Wildman–Crippen MR) is 99.0 cm³/mol. The Hall–Kier alpha value is -2.70. The Morgan fingerprint density at radius 3 is 2.74 bits per heavy atom. The summed E-state index contributed by atoms with van der Waals surface area (Å²) in [5, 5.41) is 6.23. The maximum atomic E-state index is 12.8. The van der Waals surface area contributed by atoms with Gasteiger partial charge in [-0.25, -0.2) is 0 Å². The molecule has 3 rings (SSSR count). The first kappa shape index (κ1) is 19.1. The minimum absolute atomic E-state index is 0.264. The van der Waals surface area contributed by atoms with E-state index in [9.17, 15) is 13.2 Å². The Kier molecular flexibility index (Phi) is 5.88. The summed E-state index contributed by atoms with van der Waals surface area (Å²) in [5.74, 6) is 1.52. The molecule has 27 heavy (non-hydrogen) atoms. The largest absolute Gasteiger partial charge is 0.493 e. The van der Waals surface area contributed by atoms with Gasteiger partial charge in [0.25, 0.3) is 0 Å². The predicted octanol–water partition coefficient (Wildman–Crippen LogP) is 3.55. The van der Waals surface area contributed by atoms with Gasteiger partial charge in [-0.3, -0.25) is 4.99 Å². The summed E-state index contributed by atoms with van der Waals surface area (Å²) in [6.07, 6.45) is -2.58. The first-order chi connectivity index (χ1) is 13.0. The second-order valence-corrected chi connectivity index (χ2v) is 6.34. The molecule has 0 radical (unpaired) electrons. The molecule has 2 aromatic carbocycles. The van der Waals surface area contributed by atoms with E-state index < -0.39 is 11.7 Å². The second kappa shape index (κ2) is 8.33. The standard InChI is InChI=1S/C20H22F3N3O/c1-24-19(26-13-15-3-2-4-17(12-15)20(21,22)23)25-9-7-14-5-6-18-16(11-14)8-10-27-18/h2-6,11-12H,7-10,13H2,1H3,(H2,24,25,26). The highest BCUT2D eigenvalue weighted by atomic mass is 19.4. The smallest absolute Gasteiger partial charge is 0.416 e. The molecule has 0 bridgehead atoms. The highest BCUT2D eigenvalue weighted by molar-refractivity contribution is 5.79. The molecule has 0 saturated heterocycles. The van der Waals surface area contributed by atoms with Crippen LogP contribution in [0.5, 0.6) is 5.75 Å². The molecule has 1 aliphatic heterocycles. The van der Waals surface area contributed by atoms with E-state index in [0.29, 0.717) is 18.1 Å². The van der Waals surface area contributed by atoms with Crippen molar-refractivity contribution in [2.45, 2.75) is 25.6 Å². The Morgan fingerprint density at radius 2 is 1.96 bits per heavy atom. The zero-order valence-electron chi connectivity index (χ0n) is 15.1. The van der Waals surface area contributed by atoms with Gasteiger partial charge in [0, 0.05) is 26.6 Å². The van der Waals surface area contributed by atoms with Gasteiger partial charge in [0.05, 0.1) is 12.2 Å². The molecular weight excluding hydrogens is 355 g/mol. The van der Waals surface area contributed by atoms with Crippen LogP contribution in [-0.2, 0) is 25.6 Å². The quantitative estimate of drug-likeness (QED) is 0.619. The van der Waals surface area contributed by atoms with E-state index in [2.05, 4.69) is 21.7 Å². The Balaban J connectivity index is 1.48. The zero-order valence-corrected chi connectivity index (χ0v) is 15.1. The highest BCUT2D eigenvalue weighted by Crippen LogP contribution is 2.29. The number of rotatable bonds is 5. The van der Waals surface area contributed by atoms with Crippen LogP contribution in [0.4, 0.5) is 13.2 Å². The van der Waals surface area contributed by atoms with E-state index in [1.807, 2.05) is 12.1 Å². The van der Waals surface area contributed by atoms with Gasteiger partial charge >= 0.3 is 6.18 Å². The molecule has 0 amide bonds. The third-order valence-electron chi connectivity index (χ3n) is 4.40. The first-order valence-electron chi connectivity index (χ1n) is 8.81. The summed E-state index contributed by atoms with van der Waals surface area (Å²) < 4.78 is 43.8. The fourth-order valence-electron chi connectivity index (χ4n) is 2.98. The normalized spacial score (nSPS) is 13.9. The van der Waals surface area contributed by atoms with Crippen LogP contribution < -0.4 is 15.4 Å². The third-order valence-corrected chi connectivity index (χ3v) is 4.40. The van der Waals surface area contributed by atoms with Crippen molar-refractivity contribution in [3.63, 3.8) is 0 Å². The minimum Gasteiger partial charge on any atom is -0.493 e. The molecular formula is C20H22F3N3O. The van der Waals surface area contributed by atoms with Crippen molar-refractivity contribution in [3.8, 4) is 5.75 Å². The lowest BCUT2D eigenvalue weighted by Crippen LogP contribution is -2.37. The van der Waals surface area contributed by atoms with Crippen LogP contribution in [0.1, 0.15) is 22.3 Å². The van der Waals surface area contributed by atoms with Crippen LogP contribution in [0.3, 0.4) is 0 Å². The highest BCUT2D eigenvalue weighted by Gasteiger charge is 2.30. The Bertz CT molecular complexity index is 818. The number of fused-ring (bicyclic) bond motifs is 1. The van der Waals surface area contributed by atoms with Crippen molar-refractivity contribution in [1.29, 1.82) is 0 Å². The van der Waals surface area contributed by atoms with Gasteiger partial charge in [-0.2, -0.15) is 13.2 Å². The summed E-state index contributed by atoms with van der Waals surface area (Å²) in [4.78, 5) is 4.12. The van der Waals surface area contributed by atoms with E-state index >= 15 is 0 Å². The summed E-state index contributed by atoms with van der Waals surface area (Å²) in [5.41, 5.74) is 2.34. The first-order valence-corrected chi connectivity index (χ1v) is 8.81. The lowest BCUT2D eigenvalue weighted by molar-refractivity contribution is -0.137. The fraction of sp³-hybridized carbons (Fsp3) is 0.350. The summed E-state index contributed by atoms with van der Waals surface area (Å²) in [6, 6.07) is 11.5. The number of benzene rings is 2. The third kappa shape index (κ3) is 5.15. The molecule has 0 saturated carbocycles. The maximum Gasteiger partial charge on any atom is 0.416 e. The van der Waals surface area contributed by atoms with Crippen LogP contribution in [0.25, 0.3) is 0 Å². The Morgan fingerprint density at radius 1 is 1.11 bits per heavy atom. The Labute approximate surface area is 156 Å². The molecule has 0 atom stereocenters. The lowest BCUT2D eigenvalue weighted by Gasteiger charge is -2.13. The second-order valence-electron chi connectivity index (χ2n) is 6.34. The van der Waals surface area contributed by atoms with Gasteiger partial charge in [0.1, 0.15) is 5.75 Å². The molecule has 7 heteroatoms. The topological polar surface area (TPSA) is 45.7 Å². The number of aliphatic imine (C=N–C) groups is 1. The molecule has 0 aliphatic carbocycles. The van der Waals surface area contributed by atoms with Crippen LogP contribution in [0.2, 0.25) is 0 Å². The number of guanidine groups is 1. The molecule has 4 nitrogen and oxygen atoms in total. The number of alkyl halides is 3. The molecule has 144 valence electrons. The maximum absolute atomic E-state index is 12.8. The van der Waals surface area contributed by atoms with Gasteiger partial charge in [-0.1, -0.05) is 24.3 Å². The average molecular weight is 377 g/mol. The molecule has 1 heterocycles. The van der Waals surface area contributed by atoms with Crippen LogP contribution in [0.15, 0.2) is 47.5 Å². The van der Waals surface area contributed by atoms with E-state index in [1.165, 1.54) is 17.2 Å². The average Bonchev–Trinajstić information content (AvgIpc) is 3.12. The lowest BCUT2D eigenvalue weighted by atomic mass is 10.1. The van der Waals surface area contributed by atoms with Crippen LogP contribution in [-0.4, -0.2) is 26.2 Å². The van der Waals surface area contributed by atoms with Crippen molar-refractivity contribution in [3.05, 3.63) is 64.7 Å². The summed E-state index contributed by atoms with van der Waals surface area (Å²) in [7, 11) is 1.63. The van der Waals surface area contributed by atoms with E-state index in [0.717, 1.165) is 37.3 Å². The van der Waals surface area contributed by atoms with Gasteiger partial charge in [-0.05, 0) is 41.3 Å². The summed E-state index contributed by atoms with van der Waals surface area (Å²) in [6.45, 7) is 1.67. The van der Waals surface area contributed by atoms with Gasteiger partial charge in [-0.15, -0.1) is 0 Å². The fourth-order valence-corrected chi connectivity index (χ4v) is 2.98. The van der Waals surface area contributed by atoms with Gasteiger partial charge < -0.3 is 15.4 Å². The monoisotopic (exact) mass is 377 g/mol. The SMILES string of the molecule is CN=C(NCCc1ccc2c(c1)CCO2)NCc1cccc(C(F)(F)F)c1. The molecule has 2 aromatic rings. The van der Waals surface area contributed by atoms with Crippen molar-refractivity contribution in [2.75, 3.05) is 20.2 Å². The van der Waals surface area contributed by atoms with Crippen LogP contribution >= 0.6 is 0 Å². The zero-order chi connectivity index (χ0) is 19.3. The van der Waals surface area contributed by atoms with E-state index in [-0.39, 0.29) is 6.54 Å². The number of nitrogens with zero attached hydrogens (tertiary/aromatic N) is 1. The van der Waals surface area contributed by atoms with Crippen molar-refractivity contribution >= 4 is 5.96 Å². The van der Waals surface area contributed by atoms with E-state index in [4.69, 9.17) is 4.74 Å². The number of ether oxygens (including phenoxy) is 1. The van der Waals surface area contributed by atoms with E-state index in [1.54, 1.807) is 13.1 Å². The van der Waals surface area contributed by atoms with Crippen molar-refractivity contribution in [1.82, 2.24) is 10.6 Å². The summed E-state index contributed by atoms with van der Waals surface area (Å²) >= 11 is 0. The molecule has 0 spiro atoms. The molecule has 1 aliphatic rings. The number of nitrogens with one attached hydrogen (secondary N) is 2. The number of hydrogen-bond acceptors (Lipinski definition) is 2. The molecule has 0 fully saturated rings. The number of hydrogen-bond donors (Lipinski definition) is 2.